The van der Waals surface area contributed by atoms with E-state index < -0.39 is 0 Å². The fourth-order valence-corrected chi connectivity index (χ4v) is 1.70. The molecule has 2 nitrogen and oxygen atoms in total. The molecule has 78 valence electrons. The molecule has 0 saturated carbocycles. The molecule has 0 bridgehead atoms. The van der Waals surface area contributed by atoms with Gasteiger partial charge in [-0.15, -0.1) is 0 Å². The minimum Gasteiger partial charge on any atom is -0.497 e. The number of ether oxygens (including phenoxy) is 1. The number of benzene rings is 1. The van der Waals surface area contributed by atoms with E-state index in [1.807, 2.05) is 19.2 Å². The van der Waals surface area contributed by atoms with E-state index in [9.17, 15) is 0 Å². The molecule has 1 atom stereocenters. The molecule has 1 aromatic rings. The summed E-state index contributed by atoms with van der Waals surface area (Å²) in [7, 11) is 3.65. The first-order valence-corrected chi connectivity index (χ1v) is 5.37. The predicted molar refractivity (Wildman–Crippen MR) is 63.3 cm³/mol. The number of hydrogen-bond acceptors (Lipinski definition) is 3. The fourth-order valence-electron chi connectivity index (χ4n) is 1.44. The zero-order chi connectivity index (χ0) is 10.4. The molecular weight excluding hydrogens is 194 g/mol. The lowest BCUT2D eigenvalue weighted by Crippen LogP contribution is -2.16. The van der Waals surface area contributed by atoms with Gasteiger partial charge in [-0.25, -0.2) is 0 Å². The van der Waals surface area contributed by atoms with Crippen LogP contribution < -0.4 is 10.1 Å². The molecule has 0 heterocycles. The average molecular weight is 211 g/mol. The van der Waals surface area contributed by atoms with Crippen LogP contribution in [0.15, 0.2) is 24.3 Å². The molecule has 1 N–H and O–H groups in total. The van der Waals surface area contributed by atoms with Crippen LogP contribution in [0.1, 0.15) is 18.0 Å². The Bertz CT molecular complexity index is 260. The quantitative estimate of drug-likeness (QED) is 0.729. The Morgan fingerprint density at radius 2 is 2.00 bits per heavy atom. The number of methoxy groups -OCH3 is 1. The van der Waals surface area contributed by atoms with Crippen molar-refractivity contribution >= 4 is 12.6 Å². The smallest absolute Gasteiger partial charge is 0.118 e. The second-order valence-electron chi connectivity index (χ2n) is 3.13. The van der Waals surface area contributed by atoms with Crippen molar-refractivity contribution in [2.24, 2.45) is 0 Å². The molecule has 0 saturated heterocycles. The zero-order valence-electron chi connectivity index (χ0n) is 8.66. The molecule has 1 rings (SSSR count). The lowest BCUT2D eigenvalue weighted by molar-refractivity contribution is 0.414. The SMILES string of the molecule is CNC(CCS)c1ccc(OC)cc1. The first-order valence-electron chi connectivity index (χ1n) is 4.74. The maximum Gasteiger partial charge on any atom is 0.118 e. The van der Waals surface area contributed by atoms with E-state index in [1.54, 1.807) is 7.11 Å². The van der Waals surface area contributed by atoms with Crippen molar-refractivity contribution in [2.75, 3.05) is 19.9 Å². The van der Waals surface area contributed by atoms with Crippen LogP contribution in [0, 0.1) is 0 Å². The topological polar surface area (TPSA) is 21.3 Å². The summed E-state index contributed by atoms with van der Waals surface area (Å²) in [5.74, 6) is 1.78. The fraction of sp³-hybridized carbons (Fsp3) is 0.455. The highest BCUT2D eigenvalue weighted by atomic mass is 32.1. The second kappa shape index (κ2) is 5.94. The molecule has 0 aliphatic rings. The van der Waals surface area contributed by atoms with Gasteiger partial charge in [0.1, 0.15) is 5.75 Å². The molecular formula is C11H17NOS. The first-order chi connectivity index (χ1) is 6.81. The van der Waals surface area contributed by atoms with Crippen LogP contribution in [0.5, 0.6) is 5.75 Å². The second-order valence-corrected chi connectivity index (χ2v) is 3.57. The molecule has 0 radical (unpaired) electrons. The number of thiol groups is 1. The number of nitrogens with one attached hydrogen (secondary N) is 1. The van der Waals surface area contributed by atoms with E-state index in [2.05, 4.69) is 30.1 Å². The van der Waals surface area contributed by atoms with Gasteiger partial charge in [0, 0.05) is 6.04 Å². The molecule has 14 heavy (non-hydrogen) atoms. The summed E-state index contributed by atoms with van der Waals surface area (Å²) in [4.78, 5) is 0. The summed E-state index contributed by atoms with van der Waals surface area (Å²) in [5, 5.41) is 3.27. The third-order valence-electron chi connectivity index (χ3n) is 2.28. The van der Waals surface area contributed by atoms with Crippen molar-refractivity contribution in [1.29, 1.82) is 0 Å². The van der Waals surface area contributed by atoms with Gasteiger partial charge < -0.3 is 10.1 Å². The molecule has 0 aliphatic heterocycles. The first kappa shape index (κ1) is 11.4. The molecule has 0 aliphatic carbocycles. The highest BCUT2D eigenvalue weighted by Crippen LogP contribution is 2.19. The highest BCUT2D eigenvalue weighted by molar-refractivity contribution is 7.80. The summed E-state index contributed by atoms with van der Waals surface area (Å²) in [5.41, 5.74) is 1.28. The largest absolute Gasteiger partial charge is 0.497 e. The van der Waals surface area contributed by atoms with E-state index in [0.29, 0.717) is 6.04 Å². The summed E-state index contributed by atoms with van der Waals surface area (Å²) in [6.45, 7) is 0. The van der Waals surface area contributed by atoms with Gasteiger partial charge in [0.25, 0.3) is 0 Å². The predicted octanol–water partition coefficient (Wildman–Crippen LogP) is 2.28. The standard InChI is InChI=1S/C11H17NOS/c1-12-11(7-8-14)9-3-5-10(13-2)6-4-9/h3-6,11-12,14H,7-8H2,1-2H3. The monoisotopic (exact) mass is 211 g/mol. The van der Waals surface area contributed by atoms with Crippen LogP contribution in [0.25, 0.3) is 0 Å². The van der Waals surface area contributed by atoms with Crippen LogP contribution in [0.3, 0.4) is 0 Å². The molecule has 3 heteroatoms. The third kappa shape index (κ3) is 2.93. The number of hydrogen-bond donors (Lipinski definition) is 2. The van der Waals surface area contributed by atoms with E-state index in [1.165, 1.54) is 5.56 Å². The van der Waals surface area contributed by atoms with Crippen molar-refractivity contribution in [3.8, 4) is 5.75 Å². The van der Waals surface area contributed by atoms with Crippen molar-refractivity contribution in [1.82, 2.24) is 5.32 Å². The molecule has 1 unspecified atom stereocenters. The Morgan fingerprint density at radius 3 is 2.43 bits per heavy atom. The van der Waals surface area contributed by atoms with Crippen molar-refractivity contribution in [3.63, 3.8) is 0 Å². The normalized spacial score (nSPS) is 12.5. The van der Waals surface area contributed by atoms with Gasteiger partial charge in [-0.3, -0.25) is 0 Å². The van der Waals surface area contributed by atoms with Gasteiger partial charge >= 0.3 is 0 Å². The van der Waals surface area contributed by atoms with E-state index in [0.717, 1.165) is 17.9 Å². The molecule has 0 amide bonds. The molecule has 0 fully saturated rings. The van der Waals surface area contributed by atoms with Crippen LogP contribution in [-0.4, -0.2) is 19.9 Å². The summed E-state index contributed by atoms with van der Waals surface area (Å²) in [6.07, 6.45) is 1.03. The summed E-state index contributed by atoms with van der Waals surface area (Å²) < 4.78 is 5.11. The Morgan fingerprint density at radius 1 is 1.36 bits per heavy atom. The van der Waals surface area contributed by atoms with Crippen LogP contribution in [0.4, 0.5) is 0 Å². The van der Waals surface area contributed by atoms with E-state index in [4.69, 9.17) is 4.74 Å². The van der Waals surface area contributed by atoms with Crippen molar-refractivity contribution in [3.05, 3.63) is 29.8 Å². The summed E-state index contributed by atoms with van der Waals surface area (Å²) >= 11 is 4.24. The van der Waals surface area contributed by atoms with E-state index in [-0.39, 0.29) is 0 Å². The van der Waals surface area contributed by atoms with Gasteiger partial charge in [-0.2, -0.15) is 12.6 Å². The molecule has 0 spiro atoms. The zero-order valence-corrected chi connectivity index (χ0v) is 9.55. The average Bonchev–Trinajstić information content (AvgIpc) is 2.26. The highest BCUT2D eigenvalue weighted by Gasteiger charge is 2.07. The van der Waals surface area contributed by atoms with Gasteiger partial charge in [-0.05, 0) is 36.9 Å². The Hall–Kier alpha value is -0.670. The maximum atomic E-state index is 5.11. The summed E-state index contributed by atoms with van der Waals surface area (Å²) in [6, 6.07) is 8.53. The Kier molecular flexibility index (Phi) is 4.84. The molecule has 1 aromatic carbocycles. The van der Waals surface area contributed by atoms with Gasteiger partial charge in [0.2, 0.25) is 0 Å². The van der Waals surface area contributed by atoms with Crippen LogP contribution in [-0.2, 0) is 0 Å². The van der Waals surface area contributed by atoms with Gasteiger partial charge in [-0.1, -0.05) is 12.1 Å². The Balaban J connectivity index is 2.73. The third-order valence-corrected chi connectivity index (χ3v) is 2.54. The molecule has 0 aromatic heterocycles. The van der Waals surface area contributed by atoms with Gasteiger partial charge in [0.05, 0.1) is 7.11 Å². The minimum absolute atomic E-state index is 0.387. The van der Waals surface area contributed by atoms with Crippen LogP contribution in [0.2, 0.25) is 0 Å². The van der Waals surface area contributed by atoms with Crippen molar-refractivity contribution < 1.29 is 4.74 Å². The lowest BCUT2D eigenvalue weighted by atomic mass is 10.0. The minimum atomic E-state index is 0.387. The van der Waals surface area contributed by atoms with Crippen molar-refractivity contribution in [2.45, 2.75) is 12.5 Å². The number of rotatable bonds is 5. The van der Waals surface area contributed by atoms with Gasteiger partial charge in [0.15, 0.2) is 0 Å². The maximum absolute atomic E-state index is 5.11. The Labute approximate surface area is 91.1 Å². The van der Waals surface area contributed by atoms with Crippen LogP contribution >= 0.6 is 12.6 Å². The lowest BCUT2D eigenvalue weighted by Gasteiger charge is -2.15. The van der Waals surface area contributed by atoms with E-state index >= 15 is 0 Å².